The van der Waals surface area contributed by atoms with E-state index in [1.807, 2.05) is 60.1 Å². The smallest absolute Gasteiger partial charge is 0.257 e. The van der Waals surface area contributed by atoms with Gasteiger partial charge in [0.15, 0.2) is 5.82 Å². The number of tetrazole rings is 1. The zero-order chi connectivity index (χ0) is 20.7. The summed E-state index contributed by atoms with van der Waals surface area (Å²) in [5, 5.41) is 15.9. The van der Waals surface area contributed by atoms with E-state index < -0.39 is 0 Å². The van der Waals surface area contributed by atoms with Gasteiger partial charge in [0.1, 0.15) is 5.75 Å². The number of carbonyl (C=O) groups is 1. The Kier molecular flexibility index (Phi) is 4.39. The molecule has 5 rings (SSSR count). The molecule has 0 saturated heterocycles. The van der Waals surface area contributed by atoms with E-state index in [9.17, 15) is 4.79 Å². The number of pyridine rings is 1. The Morgan fingerprint density at radius 1 is 1.17 bits per heavy atom. The Labute approximate surface area is 172 Å². The van der Waals surface area contributed by atoms with Crippen LogP contribution < -0.4 is 10.1 Å². The summed E-state index contributed by atoms with van der Waals surface area (Å²) in [4.78, 5) is 17.6. The highest BCUT2D eigenvalue weighted by atomic mass is 16.5. The van der Waals surface area contributed by atoms with Crippen LogP contribution in [0, 0.1) is 6.92 Å². The number of carbonyl (C=O) groups excluding carboxylic acids is 1. The van der Waals surface area contributed by atoms with Crippen molar-refractivity contribution in [2.45, 2.75) is 25.8 Å². The van der Waals surface area contributed by atoms with E-state index >= 15 is 0 Å². The molecular formula is C22H20N6O2. The van der Waals surface area contributed by atoms with E-state index in [0.29, 0.717) is 28.8 Å². The standard InChI is InChI=1S/C22H20N6O2/c1-13-19(12-15-11-18(30-2)8-9-20(15)23-13)22(29)24-16-5-3-4-14(10-16)21-25-26-27-28(21)17-6-7-17/h3-5,8-12,17H,6-7H2,1-2H3,(H,24,29). The fourth-order valence-corrected chi connectivity index (χ4v) is 3.49. The third-order valence-corrected chi connectivity index (χ3v) is 5.22. The van der Waals surface area contributed by atoms with E-state index in [-0.39, 0.29) is 5.91 Å². The normalized spacial score (nSPS) is 13.4. The van der Waals surface area contributed by atoms with Crippen molar-refractivity contribution < 1.29 is 9.53 Å². The number of anilines is 1. The fourth-order valence-electron chi connectivity index (χ4n) is 3.49. The first-order chi connectivity index (χ1) is 14.6. The van der Waals surface area contributed by atoms with Crippen LogP contribution in [0.25, 0.3) is 22.3 Å². The molecule has 0 unspecified atom stereocenters. The van der Waals surface area contributed by atoms with Crippen LogP contribution in [0.4, 0.5) is 5.69 Å². The summed E-state index contributed by atoms with van der Waals surface area (Å²) in [5.74, 6) is 1.22. The largest absolute Gasteiger partial charge is 0.497 e. The maximum Gasteiger partial charge on any atom is 0.257 e. The second kappa shape index (κ2) is 7.22. The molecule has 1 aliphatic rings. The lowest BCUT2D eigenvalue weighted by Crippen LogP contribution is -2.14. The predicted molar refractivity (Wildman–Crippen MR) is 113 cm³/mol. The van der Waals surface area contributed by atoms with Crippen LogP contribution in [0.2, 0.25) is 0 Å². The number of benzene rings is 2. The summed E-state index contributed by atoms with van der Waals surface area (Å²) in [6.07, 6.45) is 2.18. The highest BCUT2D eigenvalue weighted by molar-refractivity contribution is 6.07. The monoisotopic (exact) mass is 400 g/mol. The van der Waals surface area contributed by atoms with Crippen molar-refractivity contribution in [3.8, 4) is 17.1 Å². The van der Waals surface area contributed by atoms with Crippen molar-refractivity contribution in [3.05, 3.63) is 59.8 Å². The molecule has 2 heterocycles. The molecule has 0 radical (unpaired) electrons. The van der Waals surface area contributed by atoms with Gasteiger partial charge in [0.25, 0.3) is 5.91 Å². The summed E-state index contributed by atoms with van der Waals surface area (Å²) in [6, 6.07) is 15.4. The Hall–Kier alpha value is -3.81. The van der Waals surface area contributed by atoms with Crippen LogP contribution in [-0.2, 0) is 0 Å². The lowest BCUT2D eigenvalue weighted by atomic mass is 10.1. The van der Waals surface area contributed by atoms with Gasteiger partial charge in [-0.1, -0.05) is 12.1 Å². The van der Waals surface area contributed by atoms with Crippen molar-refractivity contribution >= 4 is 22.5 Å². The topological polar surface area (TPSA) is 94.8 Å². The number of rotatable bonds is 5. The molecule has 8 nitrogen and oxygen atoms in total. The third kappa shape index (κ3) is 3.36. The summed E-state index contributed by atoms with van der Waals surface area (Å²) < 4.78 is 7.13. The van der Waals surface area contributed by atoms with Gasteiger partial charge in [-0.05, 0) is 66.6 Å². The predicted octanol–water partition coefficient (Wildman–Crippen LogP) is 3.79. The second-order valence-electron chi connectivity index (χ2n) is 7.39. The minimum atomic E-state index is -0.219. The molecule has 0 aliphatic heterocycles. The highest BCUT2D eigenvalue weighted by Crippen LogP contribution is 2.36. The van der Waals surface area contributed by atoms with Gasteiger partial charge in [-0.2, -0.15) is 0 Å². The lowest BCUT2D eigenvalue weighted by molar-refractivity contribution is 0.102. The summed E-state index contributed by atoms with van der Waals surface area (Å²) in [7, 11) is 1.61. The van der Waals surface area contributed by atoms with Crippen molar-refractivity contribution in [2.75, 3.05) is 12.4 Å². The summed E-state index contributed by atoms with van der Waals surface area (Å²) >= 11 is 0. The number of hydrogen-bond donors (Lipinski definition) is 1. The number of hydrogen-bond acceptors (Lipinski definition) is 6. The van der Waals surface area contributed by atoms with E-state index in [0.717, 1.165) is 35.1 Å². The molecule has 4 aromatic rings. The number of nitrogens with zero attached hydrogens (tertiary/aromatic N) is 5. The first-order valence-electron chi connectivity index (χ1n) is 9.77. The highest BCUT2D eigenvalue weighted by Gasteiger charge is 2.28. The Morgan fingerprint density at radius 3 is 2.83 bits per heavy atom. The van der Waals surface area contributed by atoms with Gasteiger partial charge in [-0.15, -0.1) is 5.10 Å². The number of methoxy groups -OCH3 is 1. The minimum absolute atomic E-state index is 0.219. The van der Waals surface area contributed by atoms with Crippen LogP contribution in [-0.4, -0.2) is 38.2 Å². The maximum atomic E-state index is 13.0. The maximum absolute atomic E-state index is 13.0. The van der Waals surface area contributed by atoms with Crippen LogP contribution in [0.15, 0.2) is 48.5 Å². The van der Waals surface area contributed by atoms with Gasteiger partial charge in [0.05, 0.1) is 29.9 Å². The van der Waals surface area contributed by atoms with Gasteiger partial charge in [0.2, 0.25) is 0 Å². The van der Waals surface area contributed by atoms with E-state index in [1.54, 1.807) is 7.11 Å². The quantitative estimate of drug-likeness (QED) is 0.548. The van der Waals surface area contributed by atoms with Gasteiger partial charge in [0, 0.05) is 16.6 Å². The molecule has 1 N–H and O–H groups in total. The molecule has 1 saturated carbocycles. The van der Waals surface area contributed by atoms with Gasteiger partial charge < -0.3 is 10.1 Å². The average Bonchev–Trinajstić information content (AvgIpc) is 3.49. The molecule has 0 atom stereocenters. The minimum Gasteiger partial charge on any atom is -0.497 e. The first kappa shape index (κ1) is 18.2. The molecule has 1 amide bonds. The molecule has 2 aromatic heterocycles. The van der Waals surface area contributed by atoms with E-state index in [4.69, 9.17) is 4.74 Å². The van der Waals surface area contributed by atoms with Crippen LogP contribution in [0.5, 0.6) is 5.75 Å². The fraction of sp³-hybridized carbons (Fsp3) is 0.227. The van der Waals surface area contributed by atoms with E-state index in [2.05, 4.69) is 25.8 Å². The molecule has 0 spiro atoms. The van der Waals surface area contributed by atoms with Gasteiger partial charge >= 0.3 is 0 Å². The van der Waals surface area contributed by atoms with Gasteiger partial charge in [-0.3, -0.25) is 9.78 Å². The lowest BCUT2D eigenvalue weighted by Gasteiger charge is -2.11. The molecule has 8 heteroatoms. The Morgan fingerprint density at radius 2 is 2.03 bits per heavy atom. The van der Waals surface area contributed by atoms with Crippen molar-refractivity contribution in [2.24, 2.45) is 0 Å². The Bertz CT molecular complexity index is 1260. The summed E-state index contributed by atoms with van der Waals surface area (Å²) in [5.41, 5.74) is 3.54. The van der Waals surface area contributed by atoms with Crippen molar-refractivity contribution in [1.82, 2.24) is 25.2 Å². The SMILES string of the molecule is COc1ccc2nc(C)c(C(=O)Nc3cccc(-c4nnnn4C4CC4)c3)cc2c1. The zero-order valence-corrected chi connectivity index (χ0v) is 16.7. The first-order valence-corrected chi connectivity index (χ1v) is 9.77. The third-order valence-electron chi connectivity index (χ3n) is 5.22. The number of fused-ring (bicyclic) bond motifs is 1. The number of aryl methyl sites for hydroxylation is 1. The van der Waals surface area contributed by atoms with Crippen molar-refractivity contribution in [1.29, 1.82) is 0 Å². The van der Waals surface area contributed by atoms with Gasteiger partial charge in [-0.25, -0.2) is 4.68 Å². The van der Waals surface area contributed by atoms with E-state index in [1.165, 1.54) is 0 Å². The van der Waals surface area contributed by atoms with Crippen LogP contribution >= 0.6 is 0 Å². The molecule has 150 valence electrons. The van der Waals surface area contributed by atoms with Crippen LogP contribution in [0.3, 0.4) is 0 Å². The molecule has 30 heavy (non-hydrogen) atoms. The molecule has 1 aliphatic carbocycles. The second-order valence-corrected chi connectivity index (χ2v) is 7.39. The number of aromatic nitrogens is 5. The zero-order valence-electron chi connectivity index (χ0n) is 16.7. The molecule has 1 fully saturated rings. The van der Waals surface area contributed by atoms with Crippen LogP contribution in [0.1, 0.15) is 34.9 Å². The molecular weight excluding hydrogens is 380 g/mol. The summed E-state index contributed by atoms with van der Waals surface area (Å²) in [6.45, 7) is 1.83. The molecule has 2 aromatic carbocycles. The molecule has 0 bridgehead atoms. The van der Waals surface area contributed by atoms with Crippen molar-refractivity contribution in [3.63, 3.8) is 0 Å². The number of nitrogens with one attached hydrogen (secondary N) is 1. The number of ether oxygens (including phenoxy) is 1. The average molecular weight is 400 g/mol. The Balaban J connectivity index is 1.44. The number of amides is 1.